The molecular weight excluding hydrogens is 488 g/mol. The predicted molar refractivity (Wildman–Crippen MR) is 180 cm³/mol. The maximum Gasteiger partial charge on any atom is 0.0700 e. The van der Waals surface area contributed by atoms with Crippen LogP contribution >= 0.6 is 0 Å². The lowest BCUT2D eigenvalue weighted by Gasteiger charge is -2.06. The largest absolute Gasteiger partial charge is 0.379 e. The summed E-state index contributed by atoms with van der Waals surface area (Å²) in [4.78, 5) is 0. The number of ether oxygens (including phenoxy) is 2. The van der Waals surface area contributed by atoms with Crippen LogP contribution in [0.4, 0.5) is 0 Å². The molecule has 0 aliphatic heterocycles. The Kier molecular flexibility index (Phi) is 36.8. The molecule has 0 aromatic carbocycles. The predicted octanol–water partition coefficient (Wildman–Crippen LogP) is 12.6. The summed E-state index contributed by atoms with van der Waals surface area (Å²) in [7, 11) is 0. The first kappa shape index (κ1) is 38.9. The van der Waals surface area contributed by atoms with Gasteiger partial charge in [-0.05, 0) is 77.0 Å². The minimum absolute atomic E-state index is 0.752. The molecule has 0 N–H and O–H groups in total. The molecule has 0 saturated heterocycles. The zero-order valence-corrected chi connectivity index (χ0v) is 27.2. The van der Waals surface area contributed by atoms with E-state index in [2.05, 4.69) is 62.5 Å². The third kappa shape index (κ3) is 36.9. The number of unbranched alkanes of at least 4 members (excludes halogenated alkanes) is 18. The van der Waals surface area contributed by atoms with E-state index in [1.54, 1.807) is 0 Å². The summed E-state index contributed by atoms with van der Waals surface area (Å²) in [6.07, 6.45) is 49.7. The van der Waals surface area contributed by atoms with Gasteiger partial charge < -0.3 is 9.47 Å². The van der Waals surface area contributed by atoms with E-state index in [4.69, 9.17) is 9.47 Å². The molecule has 0 radical (unpaired) electrons. The Morgan fingerprint density at radius 1 is 0.300 bits per heavy atom. The minimum Gasteiger partial charge on any atom is -0.379 e. The molecule has 2 nitrogen and oxygen atoms in total. The van der Waals surface area contributed by atoms with Crippen LogP contribution in [0, 0.1) is 0 Å². The van der Waals surface area contributed by atoms with Crippen molar-refractivity contribution in [1.82, 2.24) is 0 Å². The van der Waals surface area contributed by atoms with E-state index in [0.717, 1.165) is 39.3 Å². The zero-order chi connectivity index (χ0) is 28.9. The molecule has 0 fully saturated rings. The van der Waals surface area contributed by atoms with Crippen LogP contribution in [0.5, 0.6) is 0 Å². The first-order valence-electron chi connectivity index (χ1n) is 17.7. The van der Waals surface area contributed by atoms with E-state index in [0.29, 0.717) is 0 Å². The molecule has 0 rings (SSSR count). The van der Waals surface area contributed by atoms with Crippen LogP contribution in [0.15, 0.2) is 48.6 Å². The average Bonchev–Trinajstić information content (AvgIpc) is 2.97. The maximum atomic E-state index is 5.74. The van der Waals surface area contributed by atoms with Crippen LogP contribution < -0.4 is 0 Å². The summed E-state index contributed by atoms with van der Waals surface area (Å²) >= 11 is 0. The molecule has 0 aromatic rings. The van der Waals surface area contributed by atoms with Gasteiger partial charge in [-0.25, -0.2) is 0 Å². The Balaban J connectivity index is 3.14. The highest BCUT2D eigenvalue weighted by Gasteiger charge is 1.95. The van der Waals surface area contributed by atoms with Crippen LogP contribution in [0.1, 0.15) is 168 Å². The molecule has 0 aromatic heterocycles. The summed E-state index contributed by atoms with van der Waals surface area (Å²) < 4.78 is 11.5. The molecule has 0 spiro atoms. The molecule has 0 heterocycles. The highest BCUT2D eigenvalue weighted by atomic mass is 16.5. The Morgan fingerprint density at radius 2 is 0.600 bits per heavy atom. The lowest BCUT2D eigenvalue weighted by atomic mass is 10.1. The zero-order valence-electron chi connectivity index (χ0n) is 27.2. The number of hydrogen-bond acceptors (Lipinski definition) is 2. The van der Waals surface area contributed by atoms with Crippen molar-refractivity contribution < 1.29 is 9.47 Å². The van der Waals surface area contributed by atoms with Crippen molar-refractivity contribution in [3.05, 3.63) is 48.6 Å². The fraction of sp³-hybridized carbons (Fsp3) is 0.789. The van der Waals surface area contributed by atoms with Gasteiger partial charge in [0.25, 0.3) is 0 Å². The summed E-state index contributed by atoms with van der Waals surface area (Å²) in [5.41, 5.74) is 0. The molecule has 0 bridgehead atoms. The quantitative estimate of drug-likeness (QED) is 0.0589. The molecule has 0 atom stereocenters. The molecule has 0 amide bonds. The monoisotopic (exact) mass is 559 g/mol. The first-order valence-corrected chi connectivity index (χ1v) is 17.7. The summed E-state index contributed by atoms with van der Waals surface area (Å²) in [5.74, 6) is 0. The normalized spacial score (nSPS) is 12.3. The van der Waals surface area contributed by atoms with Crippen LogP contribution in [-0.2, 0) is 9.47 Å². The molecule has 0 aliphatic carbocycles. The molecule has 0 unspecified atom stereocenters. The second-order valence-corrected chi connectivity index (χ2v) is 11.4. The first-order chi connectivity index (χ1) is 19.9. The Bertz CT molecular complexity index is 510. The van der Waals surface area contributed by atoms with Gasteiger partial charge in [-0.2, -0.15) is 0 Å². The number of hydrogen-bond donors (Lipinski definition) is 0. The van der Waals surface area contributed by atoms with Crippen molar-refractivity contribution in [2.24, 2.45) is 0 Å². The van der Waals surface area contributed by atoms with Crippen molar-refractivity contribution in [3.63, 3.8) is 0 Å². The summed E-state index contributed by atoms with van der Waals surface area (Å²) in [6.45, 7) is 7.81. The lowest BCUT2D eigenvalue weighted by Crippen LogP contribution is -2.06. The third-order valence-electron chi connectivity index (χ3n) is 7.35. The van der Waals surface area contributed by atoms with Crippen LogP contribution in [0.2, 0.25) is 0 Å². The van der Waals surface area contributed by atoms with Gasteiger partial charge in [0.15, 0.2) is 0 Å². The van der Waals surface area contributed by atoms with Crippen molar-refractivity contribution in [2.45, 2.75) is 168 Å². The third-order valence-corrected chi connectivity index (χ3v) is 7.35. The Morgan fingerprint density at radius 3 is 0.950 bits per heavy atom. The van der Waals surface area contributed by atoms with Gasteiger partial charge in [-0.15, -0.1) is 0 Å². The highest BCUT2D eigenvalue weighted by molar-refractivity contribution is 4.93. The Hall–Kier alpha value is -1.12. The van der Waals surface area contributed by atoms with E-state index in [9.17, 15) is 0 Å². The Labute approximate surface area is 252 Å². The van der Waals surface area contributed by atoms with Crippen molar-refractivity contribution in [3.8, 4) is 0 Å². The van der Waals surface area contributed by atoms with Crippen molar-refractivity contribution >= 4 is 0 Å². The lowest BCUT2D eigenvalue weighted by molar-refractivity contribution is 0.0448. The van der Waals surface area contributed by atoms with E-state index in [-0.39, 0.29) is 0 Å². The van der Waals surface area contributed by atoms with Gasteiger partial charge in [0.2, 0.25) is 0 Å². The van der Waals surface area contributed by atoms with Gasteiger partial charge >= 0.3 is 0 Å². The second-order valence-electron chi connectivity index (χ2n) is 11.4. The topological polar surface area (TPSA) is 18.5 Å². The second kappa shape index (κ2) is 37.9. The van der Waals surface area contributed by atoms with Crippen molar-refractivity contribution in [2.75, 3.05) is 26.4 Å². The SMILES string of the molecule is CCCCCC=CCC=CCCCCCCCCOCCOCCCCCCCCC=CCC=CCCCCC. The highest BCUT2D eigenvalue weighted by Crippen LogP contribution is 2.10. The smallest absolute Gasteiger partial charge is 0.0700 e. The van der Waals surface area contributed by atoms with E-state index in [1.807, 2.05) is 0 Å². The van der Waals surface area contributed by atoms with Gasteiger partial charge in [0.1, 0.15) is 0 Å². The summed E-state index contributed by atoms with van der Waals surface area (Å²) in [5, 5.41) is 0. The molecule has 40 heavy (non-hydrogen) atoms. The van der Waals surface area contributed by atoms with Crippen LogP contribution in [0.25, 0.3) is 0 Å². The van der Waals surface area contributed by atoms with E-state index in [1.165, 1.54) is 141 Å². The van der Waals surface area contributed by atoms with Gasteiger partial charge in [-0.1, -0.05) is 140 Å². The van der Waals surface area contributed by atoms with E-state index >= 15 is 0 Å². The molecule has 0 aliphatic rings. The minimum atomic E-state index is 0.752. The van der Waals surface area contributed by atoms with Crippen LogP contribution in [-0.4, -0.2) is 26.4 Å². The van der Waals surface area contributed by atoms with Crippen molar-refractivity contribution in [1.29, 1.82) is 0 Å². The molecular formula is C38H70O2. The fourth-order valence-electron chi connectivity index (χ4n) is 4.71. The van der Waals surface area contributed by atoms with E-state index < -0.39 is 0 Å². The van der Waals surface area contributed by atoms with Gasteiger partial charge in [-0.3, -0.25) is 0 Å². The summed E-state index contributed by atoms with van der Waals surface area (Å²) in [6, 6.07) is 0. The fourth-order valence-corrected chi connectivity index (χ4v) is 4.71. The molecule has 2 heteroatoms. The number of allylic oxidation sites excluding steroid dienone is 8. The molecule has 234 valence electrons. The number of rotatable bonds is 33. The maximum absolute atomic E-state index is 5.74. The standard InChI is InChI=1S/C38H70O2/c1-3-5-7-9-11-13-15-17-19-21-23-25-27-29-31-33-35-39-37-38-40-36-34-32-30-28-26-24-22-20-18-16-14-12-10-8-6-4-2/h11-14,17-20H,3-10,15-16,21-38H2,1-2H3. The van der Waals surface area contributed by atoms with Gasteiger partial charge in [0.05, 0.1) is 13.2 Å². The van der Waals surface area contributed by atoms with Crippen LogP contribution in [0.3, 0.4) is 0 Å². The molecule has 0 saturated carbocycles. The van der Waals surface area contributed by atoms with Gasteiger partial charge in [0, 0.05) is 13.2 Å². The average molecular weight is 559 g/mol.